The normalized spacial score (nSPS) is 34.1. The fourth-order valence-corrected chi connectivity index (χ4v) is 5.22. The van der Waals surface area contributed by atoms with E-state index in [1.54, 1.807) is 24.3 Å². The van der Waals surface area contributed by atoms with E-state index in [9.17, 15) is 14.4 Å². The number of benzene rings is 1. The van der Waals surface area contributed by atoms with Crippen LogP contribution in [0.4, 0.5) is 0 Å². The molecule has 4 atom stereocenters. The third kappa shape index (κ3) is 1.58. The SMILES string of the molecule is O=C(NN1C(=O)[C@@H]2[C@@H](C1=O)[C@@H]1C=C[C@H]2C12CC2)c1ccccc1Cl. The molecular formula is C18H15ClN2O3. The van der Waals surface area contributed by atoms with Crippen molar-refractivity contribution in [3.8, 4) is 0 Å². The molecule has 1 spiro atoms. The number of nitrogens with one attached hydrogen (secondary N) is 1. The Labute approximate surface area is 143 Å². The van der Waals surface area contributed by atoms with Gasteiger partial charge in [-0.3, -0.25) is 19.8 Å². The number of fused-ring (bicyclic) bond motifs is 3. The molecule has 122 valence electrons. The van der Waals surface area contributed by atoms with Crippen molar-refractivity contribution in [1.29, 1.82) is 0 Å². The highest BCUT2D eigenvalue weighted by Gasteiger charge is 2.73. The molecule has 1 aromatic rings. The molecule has 0 radical (unpaired) electrons. The van der Waals surface area contributed by atoms with E-state index >= 15 is 0 Å². The van der Waals surface area contributed by atoms with Crippen molar-refractivity contribution >= 4 is 29.3 Å². The van der Waals surface area contributed by atoms with Gasteiger partial charge in [-0.1, -0.05) is 35.9 Å². The second-order valence-electron chi connectivity index (χ2n) is 7.15. The number of carbonyl (C=O) groups is 3. The summed E-state index contributed by atoms with van der Waals surface area (Å²) in [4.78, 5) is 37.9. The van der Waals surface area contributed by atoms with Gasteiger partial charge in [0.2, 0.25) is 0 Å². The lowest BCUT2D eigenvalue weighted by molar-refractivity contribution is -0.144. The number of amides is 3. The van der Waals surface area contributed by atoms with Gasteiger partial charge in [0.25, 0.3) is 17.7 Å². The van der Waals surface area contributed by atoms with E-state index in [2.05, 4.69) is 17.6 Å². The predicted octanol–water partition coefficient (Wildman–Crippen LogP) is 2.18. The molecular weight excluding hydrogens is 328 g/mol. The topological polar surface area (TPSA) is 66.5 Å². The Balaban J connectivity index is 1.42. The maximum atomic E-state index is 12.8. The largest absolute Gasteiger partial charge is 0.272 e. The molecule has 6 heteroatoms. The Morgan fingerprint density at radius 3 is 2.21 bits per heavy atom. The van der Waals surface area contributed by atoms with Crippen LogP contribution in [0.3, 0.4) is 0 Å². The van der Waals surface area contributed by atoms with Crippen molar-refractivity contribution in [3.63, 3.8) is 0 Å². The van der Waals surface area contributed by atoms with E-state index in [1.807, 2.05) is 0 Å². The third-order valence-corrected chi connectivity index (χ3v) is 6.51. The molecule has 1 aliphatic heterocycles. The van der Waals surface area contributed by atoms with Crippen LogP contribution in [0.2, 0.25) is 5.02 Å². The van der Waals surface area contributed by atoms with E-state index in [-0.39, 0.29) is 51.5 Å². The van der Waals surface area contributed by atoms with Gasteiger partial charge in [0.15, 0.2) is 0 Å². The molecule has 4 aliphatic rings. The Hall–Kier alpha value is -2.14. The Morgan fingerprint density at radius 2 is 1.67 bits per heavy atom. The van der Waals surface area contributed by atoms with E-state index in [0.717, 1.165) is 17.9 Å². The number of hydrogen-bond donors (Lipinski definition) is 1. The minimum Gasteiger partial charge on any atom is -0.272 e. The fourth-order valence-electron chi connectivity index (χ4n) is 5.00. The zero-order chi connectivity index (χ0) is 16.6. The van der Waals surface area contributed by atoms with Crippen molar-refractivity contribution in [2.75, 3.05) is 0 Å². The lowest BCUT2D eigenvalue weighted by Gasteiger charge is -2.22. The highest BCUT2D eigenvalue weighted by molar-refractivity contribution is 6.33. The van der Waals surface area contributed by atoms with Crippen LogP contribution in [0.15, 0.2) is 36.4 Å². The fraction of sp³-hybridized carbons (Fsp3) is 0.389. The molecule has 1 heterocycles. The highest BCUT2D eigenvalue weighted by atomic mass is 35.5. The van der Waals surface area contributed by atoms with Crippen LogP contribution in [0.1, 0.15) is 23.2 Å². The lowest BCUT2D eigenvalue weighted by Crippen LogP contribution is -2.48. The first-order valence-electron chi connectivity index (χ1n) is 8.16. The third-order valence-electron chi connectivity index (χ3n) is 6.18. The smallest absolute Gasteiger partial charge is 0.271 e. The van der Waals surface area contributed by atoms with Crippen molar-refractivity contribution in [2.45, 2.75) is 12.8 Å². The van der Waals surface area contributed by atoms with Crippen molar-refractivity contribution < 1.29 is 14.4 Å². The van der Waals surface area contributed by atoms with Crippen LogP contribution < -0.4 is 5.43 Å². The lowest BCUT2D eigenvalue weighted by atomic mass is 9.85. The zero-order valence-corrected chi connectivity index (χ0v) is 13.5. The summed E-state index contributed by atoms with van der Waals surface area (Å²) in [6.45, 7) is 0. The van der Waals surface area contributed by atoms with Crippen molar-refractivity contribution in [1.82, 2.24) is 10.4 Å². The molecule has 2 bridgehead atoms. The average Bonchev–Trinajstić information content (AvgIpc) is 3.18. The number of carbonyl (C=O) groups excluding carboxylic acids is 3. The molecule has 5 rings (SSSR count). The number of imide groups is 1. The van der Waals surface area contributed by atoms with Gasteiger partial charge in [0, 0.05) is 0 Å². The Kier molecular flexibility index (Phi) is 2.65. The van der Waals surface area contributed by atoms with Crippen molar-refractivity contribution in [2.24, 2.45) is 29.1 Å². The molecule has 3 fully saturated rings. The number of allylic oxidation sites excluding steroid dienone is 2. The summed E-state index contributed by atoms with van der Waals surface area (Å²) in [5.41, 5.74) is 2.86. The number of halogens is 1. The highest BCUT2D eigenvalue weighted by Crippen LogP contribution is 2.73. The van der Waals surface area contributed by atoms with Gasteiger partial charge in [-0.15, -0.1) is 0 Å². The molecule has 2 saturated carbocycles. The van der Waals surface area contributed by atoms with Crippen LogP contribution in [-0.2, 0) is 9.59 Å². The number of nitrogens with zero attached hydrogens (tertiary/aromatic N) is 1. The van der Waals surface area contributed by atoms with Gasteiger partial charge >= 0.3 is 0 Å². The molecule has 3 amide bonds. The van der Waals surface area contributed by atoms with Gasteiger partial charge < -0.3 is 0 Å². The zero-order valence-electron chi connectivity index (χ0n) is 12.7. The Bertz CT molecular complexity index is 795. The molecule has 24 heavy (non-hydrogen) atoms. The summed E-state index contributed by atoms with van der Waals surface area (Å²) < 4.78 is 0. The summed E-state index contributed by atoms with van der Waals surface area (Å²) in [7, 11) is 0. The Morgan fingerprint density at radius 1 is 1.08 bits per heavy atom. The summed E-state index contributed by atoms with van der Waals surface area (Å²) >= 11 is 6.02. The molecule has 5 nitrogen and oxygen atoms in total. The average molecular weight is 343 g/mol. The molecule has 1 saturated heterocycles. The molecule has 1 N–H and O–H groups in total. The van der Waals surface area contributed by atoms with Crippen LogP contribution in [0.5, 0.6) is 0 Å². The summed E-state index contributed by atoms with van der Waals surface area (Å²) in [6, 6.07) is 6.56. The van der Waals surface area contributed by atoms with Crippen LogP contribution in [-0.4, -0.2) is 22.7 Å². The van der Waals surface area contributed by atoms with Crippen LogP contribution in [0.25, 0.3) is 0 Å². The maximum Gasteiger partial charge on any atom is 0.271 e. The minimum absolute atomic E-state index is 0.145. The van der Waals surface area contributed by atoms with Crippen LogP contribution >= 0.6 is 11.6 Å². The second kappa shape index (κ2) is 4.48. The number of hydrazine groups is 1. The quantitative estimate of drug-likeness (QED) is 0.661. The first-order valence-corrected chi connectivity index (χ1v) is 8.54. The summed E-state index contributed by atoms with van der Waals surface area (Å²) in [6.07, 6.45) is 6.39. The van der Waals surface area contributed by atoms with Gasteiger partial charge in [0.1, 0.15) is 0 Å². The number of rotatable bonds is 2. The number of hydrogen-bond acceptors (Lipinski definition) is 3. The van der Waals surface area contributed by atoms with Gasteiger partial charge in [0.05, 0.1) is 22.4 Å². The minimum atomic E-state index is -0.538. The van der Waals surface area contributed by atoms with Gasteiger partial charge in [-0.2, -0.15) is 5.01 Å². The standard InChI is InChI=1S/C18H15ClN2O3/c19-12-4-2-1-3-9(12)15(22)20-21-16(23)13-10-5-6-11(14(13)17(21)24)18(10)7-8-18/h1-6,10-11,13-14H,7-8H2,(H,20,22)/t10-,11+,13-,14-/m0/s1. The van der Waals surface area contributed by atoms with E-state index in [1.165, 1.54) is 0 Å². The van der Waals surface area contributed by atoms with E-state index in [4.69, 9.17) is 11.6 Å². The van der Waals surface area contributed by atoms with Gasteiger partial charge in [-0.25, -0.2) is 0 Å². The predicted molar refractivity (Wildman–Crippen MR) is 85.5 cm³/mol. The monoisotopic (exact) mass is 342 g/mol. The molecule has 0 unspecified atom stereocenters. The van der Waals surface area contributed by atoms with Crippen LogP contribution in [0, 0.1) is 29.1 Å². The first-order chi connectivity index (χ1) is 11.5. The first kappa shape index (κ1) is 14.2. The molecule has 3 aliphatic carbocycles. The molecule has 1 aromatic carbocycles. The van der Waals surface area contributed by atoms with E-state index < -0.39 is 5.91 Å². The molecule has 0 aromatic heterocycles. The second-order valence-corrected chi connectivity index (χ2v) is 7.56. The van der Waals surface area contributed by atoms with E-state index in [0.29, 0.717) is 0 Å². The summed E-state index contributed by atoms with van der Waals surface area (Å²) in [5.74, 6) is -1.45. The maximum absolute atomic E-state index is 12.8. The van der Waals surface area contributed by atoms with Crippen molar-refractivity contribution in [3.05, 3.63) is 47.0 Å². The van der Waals surface area contributed by atoms with Gasteiger partial charge in [-0.05, 0) is 42.2 Å². The summed E-state index contributed by atoms with van der Waals surface area (Å²) in [5, 5.41) is 1.21.